The molecular formula is C7H14O3S2. The van der Waals surface area contributed by atoms with E-state index in [1.807, 2.05) is 13.8 Å². The maximum atomic E-state index is 10.5. The van der Waals surface area contributed by atoms with Crippen LogP contribution in [0.1, 0.15) is 20.8 Å². The number of rotatable bonds is 5. The minimum Gasteiger partial charge on any atom is -0.451 e. The van der Waals surface area contributed by atoms with Gasteiger partial charge in [0.1, 0.15) is 5.44 Å². The highest BCUT2D eigenvalue weighted by Crippen LogP contribution is 2.31. The van der Waals surface area contributed by atoms with Gasteiger partial charge in [0, 0.05) is 14.0 Å². The fourth-order valence-corrected chi connectivity index (χ4v) is 2.31. The number of ether oxygens (including phenoxy) is 2. The van der Waals surface area contributed by atoms with E-state index in [1.165, 1.54) is 17.7 Å². The zero-order valence-corrected chi connectivity index (χ0v) is 9.33. The SMILES string of the molecule is COC(C)SSC(C)OC(C)=O. The number of methoxy groups -OCH3 is 1. The Hall–Kier alpha value is 0.130. The average molecular weight is 210 g/mol. The van der Waals surface area contributed by atoms with E-state index in [9.17, 15) is 4.79 Å². The second-order valence-corrected chi connectivity index (χ2v) is 5.04. The number of hydrogen-bond acceptors (Lipinski definition) is 5. The summed E-state index contributed by atoms with van der Waals surface area (Å²) in [7, 11) is 4.68. The highest BCUT2D eigenvalue weighted by atomic mass is 33.1. The molecule has 0 aliphatic carbocycles. The highest BCUT2D eigenvalue weighted by Gasteiger charge is 2.08. The molecule has 0 spiro atoms. The third kappa shape index (κ3) is 6.82. The van der Waals surface area contributed by atoms with E-state index < -0.39 is 0 Å². The van der Waals surface area contributed by atoms with Crippen LogP contribution in [0.25, 0.3) is 0 Å². The molecule has 0 aliphatic rings. The Kier molecular flexibility index (Phi) is 6.70. The smallest absolute Gasteiger partial charge is 0.303 e. The third-order valence-corrected chi connectivity index (χ3v) is 3.89. The van der Waals surface area contributed by atoms with Crippen LogP contribution in [0.4, 0.5) is 0 Å². The first-order valence-electron chi connectivity index (χ1n) is 3.58. The lowest BCUT2D eigenvalue weighted by atomic mass is 10.8. The fourth-order valence-electron chi connectivity index (χ4n) is 0.449. The number of hydrogen-bond donors (Lipinski definition) is 0. The molecule has 0 bridgehead atoms. The van der Waals surface area contributed by atoms with Crippen molar-refractivity contribution in [3.8, 4) is 0 Å². The quantitative estimate of drug-likeness (QED) is 0.395. The van der Waals surface area contributed by atoms with Crippen molar-refractivity contribution in [2.45, 2.75) is 31.6 Å². The minimum absolute atomic E-state index is 0.119. The first kappa shape index (κ1) is 12.1. The van der Waals surface area contributed by atoms with Crippen LogP contribution in [0.2, 0.25) is 0 Å². The summed E-state index contributed by atoms with van der Waals surface area (Å²) in [5.41, 5.74) is -0.00175. The maximum absolute atomic E-state index is 10.5. The molecule has 0 amide bonds. The molecular weight excluding hydrogens is 196 g/mol. The Morgan fingerprint density at radius 1 is 1.25 bits per heavy atom. The molecule has 12 heavy (non-hydrogen) atoms. The van der Waals surface area contributed by atoms with Crippen molar-refractivity contribution in [3.63, 3.8) is 0 Å². The Bertz CT molecular complexity index is 141. The van der Waals surface area contributed by atoms with Gasteiger partial charge in [0.15, 0.2) is 5.44 Å². The summed E-state index contributed by atoms with van der Waals surface area (Å²) < 4.78 is 9.90. The third-order valence-electron chi connectivity index (χ3n) is 0.990. The van der Waals surface area contributed by atoms with Crippen molar-refractivity contribution in [2.75, 3.05) is 7.11 Å². The lowest BCUT2D eigenvalue weighted by Gasteiger charge is -2.12. The average Bonchev–Trinajstić information content (AvgIpc) is 1.99. The molecule has 5 heteroatoms. The van der Waals surface area contributed by atoms with Gasteiger partial charge in [-0.25, -0.2) is 0 Å². The van der Waals surface area contributed by atoms with Crippen LogP contribution < -0.4 is 0 Å². The largest absolute Gasteiger partial charge is 0.451 e. The summed E-state index contributed by atoms with van der Waals surface area (Å²) in [6.45, 7) is 5.18. The van der Waals surface area contributed by atoms with Crippen molar-refractivity contribution in [1.82, 2.24) is 0 Å². The molecule has 0 aliphatic heterocycles. The van der Waals surface area contributed by atoms with E-state index in [0.717, 1.165) is 0 Å². The Morgan fingerprint density at radius 2 is 1.75 bits per heavy atom. The van der Waals surface area contributed by atoms with Crippen LogP contribution in [0.15, 0.2) is 0 Å². The molecule has 0 aromatic carbocycles. The van der Waals surface area contributed by atoms with Crippen molar-refractivity contribution < 1.29 is 14.3 Å². The van der Waals surface area contributed by atoms with E-state index in [4.69, 9.17) is 9.47 Å². The standard InChI is InChI=1S/C7H14O3S2/c1-5(8)10-7(3)12-11-6(2)9-4/h6-7H,1-4H3. The second-order valence-electron chi connectivity index (χ2n) is 2.17. The van der Waals surface area contributed by atoms with Crippen LogP contribution in [0, 0.1) is 0 Å². The molecule has 0 heterocycles. The predicted octanol–water partition coefficient (Wildman–Crippen LogP) is 2.27. The van der Waals surface area contributed by atoms with E-state index in [-0.39, 0.29) is 16.8 Å². The predicted molar refractivity (Wildman–Crippen MR) is 52.9 cm³/mol. The van der Waals surface area contributed by atoms with Crippen LogP contribution in [-0.2, 0) is 14.3 Å². The minimum atomic E-state index is -0.249. The summed E-state index contributed by atoms with van der Waals surface area (Å²) in [6, 6.07) is 0. The molecule has 0 N–H and O–H groups in total. The molecule has 2 unspecified atom stereocenters. The molecule has 0 rings (SSSR count). The van der Waals surface area contributed by atoms with Crippen LogP contribution in [0.5, 0.6) is 0 Å². The van der Waals surface area contributed by atoms with E-state index in [2.05, 4.69) is 0 Å². The zero-order chi connectivity index (χ0) is 9.56. The summed E-state index contributed by atoms with van der Waals surface area (Å²) in [4.78, 5) is 10.5. The molecule has 0 aromatic heterocycles. The zero-order valence-electron chi connectivity index (χ0n) is 7.70. The van der Waals surface area contributed by atoms with Crippen molar-refractivity contribution in [1.29, 1.82) is 0 Å². The molecule has 0 aromatic rings. The molecule has 0 fully saturated rings. The molecule has 3 nitrogen and oxygen atoms in total. The lowest BCUT2D eigenvalue weighted by Crippen LogP contribution is -2.07. The van der Waals surface area contributed by atoms with Crippen molar-refractivity contribution >= 4 is 27.6 Å². The number of esters is 1. The molecule has 0 saturated heterocycles. The first-order valence-corrected chi connectivity index (χ1v) is 5.86. The number of carbonyl (C=O) groups is 1. The van der Waals surface area contributed by atoms with Gasteiger partial charge in [-0.15, -0.1) is 0 Å². The van der Waals surface area contributed by atoms with Gasteiger partial charge in [-0.05, 0) is 24.6 Å². The molecule has 2 atom stereocenters. The summed E-state index contributed by atoms with van der Waals surface area (Å²) in [6.07, 6.45) is 0. The van der Waals surface area contributed by atoms with Crippen molar-refractivity contribution in [2.24, 2.45) is 0 Å². The lowest BCUT2D eigenvalue weighted by molar-refractivity contribution is -0.141. The molecule has 0 saturated carbocycles. The van der Waals surface area contributed by atoms with Gasteiger partial charge >= 0.3 is 5.97 Å². The number of carbonyl (C=O) groups excluding carboxylic acids is 1. The normalized spacial score (nSPS) is 15.3. The summed E-state index contributed by atoms with van der Waals surface area (Å²) in [5.74, 6) is -0.249. The Balaban J connectivity index is 3.43. The van der Waals surface area contributed by atoms with Crippen LogP contribution in [-0.4, -0.2) is 24.0 Å². The fraction of sp³-hybridized carbons (Fsp3) is 0.857. The van der Waals surface area contributed by atoms with Gasteiger partial charge < -0.3 is 9.47 Å². The van der Waals surface area contributed by atoms with Crippen molar-refractivity contribution in [3.05, 3.63) is 0 Å². The first-order chi connectivity index (χ1) is 5.56. The van der Waals surface area contributed by atoms with Gasteiger partial charge in [0.2, 0.25) is 0 Å². The van der Waals surface area contributed by atoms with E-state index >= 15 is 0 Å². The molecule has 72 valence electrons. The summed E-state index contributed by atoms with van der Waals surface area (Å²) in [5, 5.41) is 0. The Morgan fingerprint density at radius 3 is 2.17 bits per heavy atom. The maximum Gasteiger partial charge on any atom is 0.303 e. The van der Waals surface area contributed by atoms with Gasteiger partial charge in [-0.3, -0.25) is 4.79 Å². The van der Waals surface area contributed by atoms with Crippen LogP contribution in [0.3, 0.4) is 0 Å². The van der Waals surface area contributed by atoms with E-state index in [1.54, 1.807) is 17.9 Å². The monoisotopic (exact) mass is 210 g/mol. The van der Waals surface area contributed by atoms with Gasteiger partial charge in [-0.1, -0.05) is 10.8 Å². The van der Waals surface area contributed by atoms with E-state index in [0.29, 0.717) is 0 Å². The molecule has 0 radical (unpaired) electrons. The summed E-state index contributed by atoms with van der Waals surface area (Å²) >= 11 is 0. The Labute approximate surface area is 81.0 Å². The van der Waals surface area contributed by atoms with Crippen LogP contribution >= 0.6 is 21.6 Å². The second kappa shape index (κ2) is 6.62. The highest BCUT2D eigenvalue weighted by molar-refractivity contribution is 8.77. The van der Waals surface area contributed by atoms with Gasteiger partial charge in [0.25, 0.3) is 0 Å². The van der Waals surface area contributed by atoms with Gasteiger partial charge in [-0.2, -0.15) is 0 Å². The topological polar surface area (TPSA) is 35.5 Å². The van der Waals surface area contributed by atoms with Gasteiger partial charge in [0.05, 0.1) is 0 Å².